The summed E-state index contributed by atoms with van der Waals surface area (Å²) in [6.07, 6.45) is 13.9. The van der Waals surface area contributed by atoms with Gasteiger partial charge in [0.1, 0.15) is 0 Å². The van der Waals surface area contributed by atoms with E-state index in [0.717, 1.165) is 24.9 Å². The van der Waals surface area contributed by atoms with Gasteiger partial charge in [-0.1, -0.05) is 105 Å². The molecule has 0 aromatic rings. The van der Waals surface area contributed by atoms with E-state index in [1.165, 1.54) is 37.8 Å². The fraction of sp³-hybridized carbons (Fsp3) is 0.778. The van der Waals surface area contributed by atoms with Gasteiger partial charge >= 0.3 is 0 Å². The topological polar surface area (TPSA) is 15.3 Å². The van der Waals surface area contributed by atoms with Crippen molar-refractivity contribution in [3.05, 3.63) is 36.5 Å². The molecule has 29 heavy (non-hydrogen) atoms. The molecule has 0 spiro atoms. The summed E-state index contributed by atoms with van der Waals surface area (Å²) in [5.41, 5.74) is 1.75. The first-order chi connectivity index (χ1) is 13.8. The smallest absolute Gasteiger partial charge is 0.0570 e. The number of rotatable bonds is 15. The highest BCUT2D eigenvalue weighted by molar-refractivity contribution is 5.20. The van der Waals surface area contributed by atoms with Gasteiger partial charge in [-0.25, -0.2) is 0 Å². The van der Waals surface area contributed by atoms with Gasteiger partial charge in [0.05, 0.1) is 6.17 Å². The van der Waals surface area contributed by atoms with Crippen molar-refractivity contribution in [1.29, 1.82) is 0 Å². The van der Waals surface area contributed by atoms with E-state index in [9.17, 15) is 0 Å². The van der Waals surface area contributed by atoms with Crippen LogP contribution < -0.4 is 5.32 Å². The Balaban J connectivity index is 0. The minimum Gasteiger partial charge on any atom is -0.298 e. The van der Waals surface area contributed by atoms with E-state index in [4.69, 9.17) is 0 Å². The maximum atomic E-state index is 3.74. The summed E-state index contributed by atoms with van der Waals surface area (Å²) in [6, 6.07) is 0. The second-order valence-electron chi connectivity index (χ2n) is 8.58. The predicted molar refractivity (Wildman–Crippen MR) is 135 cm³/mol. The molecule has 0 radical (unpaired) electrons. The van der Waals surface area contributed by atoms with Gasteiger partial charge in [-0.05, 0) is 57.0 Å². The Labute approximate surface area is 184 Å². The molecule has 0 aromatic heterocycles. The van der Waals surface area contributed by atoms with Gasteiger partial charge in [-0.3, -0.25) is 10.2 Å². The molecular weight excluding hydrogens is 352 g/mol. The van der Waals surface area contributed by atoms with Crippen LogP contribution in [-0.4, -0.2) is 30.7 Å². The molecule has 2 unspecified atom stereocenters. The molecule has 0 aliphatic rings. The van der Waals surface area contributed by atoms with Crippen molar-refractivity contribution in [1.82, 2.24) is 10.2 Å². The lowest BCUT2D eigenvalue weighted by Crippen LogP contribution is -2.44. The molecule has 0 heterocycles. The molecule has 0 rings (SSSR count). The van der Waals surface area contributed by atoms with Crippen LogP contribution >= 0.6 is 0 Å². The van der Waals surface area contributed by atoms with E-state index in [1.54, 1.807) is 0 Å². The van der Waals surface area contributed by atoms with Gasteiger partial charge in [-0.15, -0.1) is 0 Å². The average molecular weight is 407 g/mol. The number of hydrogen-bond donors (Lipinski definition) is 1. The summed E-state index contributed by atoms with van der Waals surface area (Å²) in [5, 5.41) is 3.63. The maximum absolute atomic E-state index is 3.74. The van der Waals surface area contributed by atoms with Crippen molar-refractivity contribution in [2.45, 2.75) is 101 Å². The van der Waals surface area contributed by atoms with Gasteiger partial charge < -0.3 is 0 Å². The standard InChI is InChI=1S/C25H48N2.C2H6/c1-10-15-22(7)16-14-18-26-24(9)27(13-4)19-17-23(8)20-25(11-2,12-3)21(5)6;1-2/h10,14-16,21,23-24,26H,1,11-13,17-20H2,2-9H3;1-2H3/b16-14-,22-15-;. The zero-order chi connectivity index (χ0) is 22.9. The summed E-state index contributed by atoms with van der Waals surface area (Å²) in [6.45, 7) is 29.6. The van der Waals surface area contributed by atoms with Crippen molar-refractivity contribution in [3.8, 4) is 0 Å². The Bertz CT molecular complexity index is 443. The summed E-state index contributed by atoms with van der Waals surface area (Å²) >= 11 is 0. The molecule has 2 atom stereocenters. The van der Waals surface area contributed by atoms with E-state index in [1.807, 2.05) is 26.0 Å². The minimum absolute atomic E-state index is 0.405. The zero-order valence-corrected chi connectivity index (χ0v) is 21.6. The van der Waals surface area contributed by atoms with E-state index in [-0.39, 0.29) is 0 Å². The molecule has 172 valence electrons. The first-order valence-electron chi connectivity index (χ1n) is 12.2. The first-order valence-corrected chi connectivity index (χ1v) is 12.2. The first kappa shape index (κ1) is 30.3. The normalized spacial score (nSPS) is 14.8. The molecule has 1 N–H and O–H groups in total. The maximum Gasteiger partial charge on any atom is 0.0570 e. The third-order valence-corrected chi connectivity index (χ3v) is 6.54. The molecule has 2 heteroatoms. The van der Waals surface area contributed by atoms with Crippen molar-refractivity contribution >= 4 is 0 Å². The predicted octanol–water partition coefficient (Wildman–Crippen LogP) is 7.84. The summed E-state index contributed by atoms with van der Waals surface area (Å²) in [5.74, 6) is 1.54. The summed E-state index contributed by atoms with van der Waals surface area (Å²) < 4.78 is 0. The van der Waals surface area contributed by atoms with Crippen molar-refractivity contribution in [2.75, 3.05) is 19.6 Å². The second-order valence-corrected chi connectivity index (χ2v) is 8.58. The van der Waals surface area contributed by atoms with Crippen LogP contribution in [0.1, 0.15) is 94.9 Å². The van der Waals surface area contributed by atoms with Gasteiger partial charge in [0, 0.05) is 6.54 Å². The van der Waals surface area contributed by atoms with Crippen LogP contribution in [0.15, 0.2) is 36.5 Å². The van der Waals surface area contributed by atoms with Gasteiger partial charge in [0.15, 0.2) is 0 Å². The van der Waals surface area contributed by atoms with Gasteiger partial charge in [-0.2, -0.15) is 0 Å². The summed E-state index contributed by atoms with van der Waals surface area (Å²) in [7, 11) is 0. The quantitative estimate of drug-likeness (QED) is 0.220. The van der Waals surface area contributed by atoms with Crippen LogP contribution in [0.3, 0.4) is 0 Å². The minimum atomic E-state index is 0.405. The highest BCUT2D eigenvalue weighted by Crippen LogP contribution is 2.41. The highest BCUT2D eigenvalue weighted by Gasteiger charge is 2.31. The molecule has 0 amide bonds. The number of allylic oxidation sites excluding steroid dienone is 4. The monoisotopic (exact) mass is 406 g/mol. The van der Waals surface area contributed by atoms with E-state index in [0.29, 0.717) is 11.6 Å². The van der Waals surface area contributed by atoms with Crippen molar-refractivity contribution < 1.29 is 0 Å². The van der Waals surface area contributed by atoms with Crippen LogP contribution in [0.2, 0.25) is 0 Å². The van der Waals surface area contributed by atoms with Crippen LogP contribution in [0.4, 0.5) is 0 Å². The molecule has 2 nitrogen and oxygen atoms in total. The zero-order valence-electron chi connectivity index (χ0n) is 21.6. The Kier molecular flexibility index (Phi) is 18.8. The molecule has 0 fully saturated rings. The molecule has 0 aromatic carbocycles. The Morgan fingerprint density at radius 1 is 1.07 bits per heavy atom. The van der Waals surface area contributed by atoms with E-state index < -0.39 is 0 Å². The molecule has 0 saturated heterocycles. The largest absolute Gasteiger partial charge is 0.298 e. The Morgan fingerprint density at radius 3 is 2.10 bits per heavy atom. The fourth-order valence-corrected chi connectivity index (χ4v) is 4.25. The van der Waals surface area contributed by atoms with Crippen LogP contribution in [-0.2, 0) is 0 Å². The molecule has 0 saturated carbocycles. The third kappa shape index (κ3) is 12.4. The molecule has 0 bridgehead atoms. The van der Waals surface area contributed by atoms with Crippen molar-refractivity contribution in [3.63, 3.8) is 0 Å². The number of hydrogen-bond acceptors (Lipinski definition) is 2. The average Bonchev–Trinajstić information content (AvgIpc) is 2.71. The lowest BCUT2D eigenvalue weighted by Gasteiger charge is -2.39. The van der Waals surface area contributed by atoms with Crippen LogP contribution in [0.5, 0.6) is 0 Å². The molecule has 0 aliphatic heterocycles. The SMILES string of the molecule is C=C/C=C(C)\C=C/CNC(C)N(CC)CCC(C)CC(CC)(CC)C(C)C.CC. The lowest BCUT2D eigenvalue weighted by atomic mass is 9.67. The van der Waals surface area contributed by atoms with Gasteiger partial charge in [0.2, 0.25) is 0 Å². The number of nitrogens with one attached hydrogen (secondary N) is 1. The molecule has 0 aliphatic carbocycles. The number of nitrogens with zero attached hydrogens (tertiary/aromatic N) is 1. The molecular formula is C27H54N2. The van der Waals surface area contributed by atoms with E-state index >= 15 is 0 Å². The van der Waals surface area contributed by atoms with Crippen LogP contribution in [0, 0.1) is 17.3 Å². The fourth-order valence-electron chi connectivity index (χ4n) is 4.25. The Hall–Kier alpha value is -0.860. The van der Waals surface area contributed by atoms with E-state index in [2.05, 4.69) is 84.3 Å². The van der Waals surface area contributed by atoms with Crippen molar-refractivity contribution in [2.24, 2.45) is 17.3 Å². The third-order valence-electron chi connectivity index (χ3n) is 6.54. The second kappa shape index (κ2) is 18.0. The lowest BCUT2D eigenvalue weighted by molar-refractivity contribution is 0.113. The summed E-state index contributed by atoms with van der Waals surface area (Å²) in [4.78, 5) is 2.56. The van der Waals surface area contributed by atoms with Gasteiger partial charge in [0.25, 0.3) is 0 Å². The Morgan fingerprint density at radius 2 is 1.66 bits per heavy atom. The van der Waals surface area contributed by atoms with Crippen LogP contribution in [0.25, 0.3) is 0 Å². The highest BCUT2D eigenvalue weighted by atomic mass is 15.3.